The van der Waals surface area contributed by atoms with Crippen LogP contribution in [0.5, 0.6) is 0 Å². The summed E-state index contributed by atoms with van der Waals surface area (Å²) in [4.78, 5) is 0. The molecular formula is C117H274. The van der Waals surface area contributed by atoms with Crippen LogP contribution in [0.1, 0.15) is 630 Å². The summed E-state index contributed by atoms with van der Waals surface area (Å²) in [6, 6.07) is 0. The highest BCUT2D eigenvalue weighted by Crippen LogP contribution is 2.46. The molecule has 0 saturated heterocycles. The smallest absolute Gasteiger partial charge is 0.0340 e. The van der Waals surface area contributed by atoms with Gasteiger partial charge in [0.15, 0.2) is 0 Å². The van der Waals surface area contributed by atoms with E-state index in [1.165, 1.54) is 173 Å². The van der Waals surface area contributed by atoms with Crippen LogP contribution in [0.3, 0.4) is 0 Å². The van der Waals surface area contributed by atoms with E-state index in [9.17, 15) is 0 Å². The minimum atomic E-state index is 0.550. The lowest BCUT2D eigenvalue weighted by atomic mass is 9.62. The molecular weight excluding hydrogens is 1410 g/mol. The van der Waals surface area contributed by atoms with E-state index < -0.39 is 0 Å². The van der Waals surface area contributed by atoms with Crippen LogP contribution >= 0.6 is 0 Å². The van der Waals surface area contributed by atoms with E-state index in [2.05, 4.69) is 180 Å². The highest BCUT2D eigenvalue weighted by Gasteiger charge is 2.36. The molecule has 0 bridgehead atoms. The molecule has 117 heavy (non-hydrogen) atoms. The van der Waals surface area contributed by atoms with E-state index in [1.54, 1.807) is 0 Å². The van der Waals surface area contributed by atoms with Gasteiger partial charge in [0.2, 0.25) is 0 Å². The molecule has 11 aliphatic rings. The summed E-state index contributed by atoms with van der Waals surface area (Å²) in [7, 11) is 0. The average molecular weight is 1680 g/mol. The minimum Gasteiger partial charge on any atom is -0.0683 e. The molecule has 0 aliphatic heterocycles. The largest absolute Gasteiger partial charge is 0.0683 e. The van der Waals surface area contributed by atoms with Crippen molar-refractivity contribution in [2.45, 2.75) is 630 Å². The molecule has 11 saturated carbocycles. The van der Waals surface area contributed by atoms with Crippen LogP contribution in [0.4, 0.5) is 0 Å². The van der Waals surface area contributed by atoms with Gasteiger partial charge in [-0.3, -0.25) is 0 Å². The fourth-order valence-corrected chi connectivity index (χ4v) is 13.3. The molecule has 0 spiro atoms. The molecule has 2 unspecified atom stereocenters. The summed E-state index contributed by atoms with van der Waals surface area (Å²) in [5.74, 6) is 22.5. The van der Waals surface area contributed by atoms with Crippen LogP contribution in [0.2, 0.25) is 0 Å². The molecule has 11 aliphatic carbocycles. The molecule has 0 aromatic heterocycles. The molecule has 0 nitrogen and oxygen atoms in total. The Hall–Kier alpha value is 0. The van der Waals surface area contributed by atoms with Crippen molar-refractivity contribution in [3.8, 4) is 0 Å². The average Bonchev–Trinajstić information content (AvgIpc) is 1.76. The lowest BCUT2D eigenvalue weighted by Gasteiger charge is -2.43. The maximum absolute atomic E-state index is 2.40. The van der Waals surface area contributed by atoms with Crippen molar-refractivity contribution in [2.24, 2.45) is 141 Å². The fourth-order valence-electron chi connectivity index (χ4n) is 13.3. The monoisotopic (exact) mass is 1680 g/mol. The van der Waals surface area contributed by atoms with Crippen molar-refractivity contribution >= 4 is 0 Å². The first-order chi connectivity index (χ1) is 55.7. The van der Waals surface area contributed by atoms with Crippen LogP contribution < -0.4 is 0 Å². The summed E-state index contributed by atoms with van der Waals surface area (Å²) in [5.41, 5.74) is 1.12. The van der Waals surface area contributed by atoms with E-state index in [0.29, 0.717) is 10.8 Å². The van der Waals surface area contributed by atoms with Crippen molar-refractivity contribution < 1.29 is 0 Å². The lowest BCUT2D eigenvalue weighted by molar-refractivity contribution is 0.0689. The maximum Gasteiger partial charge on any atom is -0.0340 e. The standard InChI is InChI=1S/C11H22.C9H18.2C8H16.2C7H14.2C6H12.3C5H10.20C2H6/c1-9-6-5-7-10(8-9)11(2,3)4;1-7-5-6-8(7)9(2,3)4;1-7-4-3-5-8(2)6-7;1-7-5-3-4-6-8(7)2;2*1-6-4-3-5-7(6)2;2*1-5-3-4-6(5)2;3*1-4-3-5(4)2;20*1-2/h9-10H,5-8H2,1-4H3;7-8H,5-6H2,1-4H3;2*7-8H,3-6H2,1-2H3;2*6-7H,3-5H2,1-2H3;2*5-6H,3-4H2,1-2H3;3*4-5H,3H2,1-2H3;20*1-2H3/t9-,10?;7-,8?;2*7-,8+;2*6-,7+;5-,6+;5-,6-;4-,5+;2*4-,5-;;;;;;;;;;;;;;;;;;;;/m01.....1.10..................../s1. The summed E-state index contributed by atoms with van der Waals surface area (Å²) in [5, 5.41) is 0. The van der Waals surface area contributed by atoms with E-state index in [-0.39, 0.29) is 0 Å². The third kappa shape index (κ3) is 129. The molecule has 0 heterocycles. The highest BCUT2D eigenvalue weighted by molar-refractivity contribution is 4.86. The van der Waals surface area contributed by atoms with Crippen LogP contribution in [0.25, 0.3) is 0 Å². The Morgan fingerprint density at radius 2 is 0.274 bits per heavy atom. The number of hydrogen-bond donors (Lipinski definition) is 0. The van der Waals surface area contributed by atoms with E-state index in [0.717, 1.165) is 130 Å². The van der Waals surface area contributed by atoms with Gasteiger partial charge in [-0.15, -0.1) is 0 Å². The predicted molar refractivity (Wildman–Crippen MR) is 581 cm³/mol. The van der Waals surface area contributed by atoms with Crippen molar-refractivity contribution in [1.82, 2.24) is 0 Å². The molecule has 0 radical (unpaired) electrons. The predicted octanol–water partition coefficient (Wildman–Crippen LogP) is 47.1. The second-order valence-corrected chi connectivity index (χ2v) is 33.9. The van der Waals surface area contributed by atoms with Crippen molar-refractivity contribution in [1.29, 1.82) is 0 Å². The Morgan fingerprint density at radius 1 is 0.128 bits per heavy atom. The van der Waals surface area contributed by atoms with Crippen LogP contribution in [0, 0.1) is 141 Å². The summed E-state index contributed by atoms with van der Waals surface area (Å²) in [6.45, 7) is 141. The third-order valence-electron chi connectivity index (χ3n) is 23.8. The normalized spacial score (nSPS) is 28.4. The molecule has 0 amide bonds. The molecule has 0 N–H and O–H groups in total. The van der Waals surface area contributed by atoms with Gasteiger partial charge in [0, 0.05) is 0 Å². The molecule has 0 aromatic rings. The van der Waals surface area contributed by atoms with Gasteiger partial charge in [-0.1, -0.05) is 585 Å². The van der Waals surface area contributed by atoms with Gasteiger partial charge in [0.25, 0.3) is 0 Å². The molecule has 0 aromatic carbocycles. The third-order valence-corrected chi connectivity index (χ3v) is 23.8. The van der Waals surface area contributed by atoms with Crippen LogP contribution in [0.15, 0.2) is 0 Å². The zero-order valence-electron chi connectivity index (χ0n) is 98.8. The van der Waals surface area contributed by atoms with Gasteiger partial charge in [-0.2, -0.15) is 0 Å². The first-order valence-electron chi connectivity index (χ1n) is 55.7. The second-order valence-electron chi connectivity index (χ2n) is 33.9. The minimum absolute atomic E-state index is 0.550. The Kier molecular flexibility index (Phi) is 199. The molecule has 11 fully saturated rings. The van der Waals surface area contributed by atoms with E-state index in [1.807, 2.05) is 277 Å². The van der Waals surface area contributed by atoms with Crippen molar-refractivity contribution in [3.05, 3.63) is 0 Å². The Balaban J connectivity index is -0.0000000473. The number of hydrogen-bond acceptors (Lipinski definition) is 0. The fraction of sp³-hybridized carbons (Fsp3) is 1.00. The van der Waals surface area contributed by atoms with Crippen LogP contribution in [-0.4, -0.2) is 0 Å². The molecule has 0 heteroatoms. The molecule has 11 rings (SSSR count). The van der Waals surface area contributed by atoms with Gasteiger partial charge in [-0.25, -0.2) is 0 Å². The van der Waals surface area contributed by atoms with E-state index in [4.69, 9.17) is 0 Å². The first kappa shape index (κ1) is 167. The van der Waals surface area contributed by atoms with Crippen molar-refractivity contribution in [3.63, 3.8) is 0 Å². The van der Waals surface area contributed by atoms with Gasteiger partial charge in [-0.05, 0) is 186 Å². The summed E-state index contributed by atoms with van der Waals surface area (Å²) >= 11 is 0. The first-order valence-corrected chi connectivity index (χ1v) is 55.7. The quantitative estimate of drug-likeness (QED) is 0.227. The Morgan fingerprint density at radius 3 is 0.342 bits per heavy atom. The summed E-state index contributed by atoms with van der Waals surface area (Å²) < 4.78 is 0. The van der Waals surface area contributed by atoms with E-state index >= 15 is 0 Å². The van der Waals surface area contributed by atoms with Gasteiger partial charge < -0.3 is 0 Å². The van der Waals surface area contributed by atoms with Gasteiger partial charge >= 0.3 is 0 Å². The Bertz CT molecular complexity index is 1260. The molecule has 742 valence electrons. The summed E-state index contributed by atoms with van der Waals surface area (Å²) in [6.07, 6.45) is 39.7. The molecule has 22 atom stereocenters. The topological polar surface area (TPSA) is 0 Å². The zero-order valence-corrected chi connectivity index (χ0v) is 98.8. The SMILES string of the molecule is CC.CC.CC.CC.CC.CC.CC.CC.CC.CC.CC.CC.CC.CC.CC.CC.CC.CC.CC.CC.C[C@@H]1CCC1C(C)(C)C.C[C@@H]1CCCC[C@@H]1C.C[C@@H]1CCC[C@@H]1C.C[C@@H]1CCC[C@@H]1C.C[C@@H]1CCC[C@H](C)C1.C[C@@H]1CC[C@@H]1C.C[C@@H]1CC[C@H]1C.C[C@@H]1C[C@@H]1C.C[C@@H]1C[C@H]1C.C[C@H]1CCCC(C(C)(C)C)C1.C[C@H]1C[C@@H]1C. The van der Waals surface area contributed by atoms with Gasteiger partial charge in [0.1, 0.15) is 0 Å². The lowest BCUT2D eigenvalue weighted by Crippen LogP contribution is -2.34. The van der Waals surface area contributed by atoms with Crippen LogP contribution in [-0.2, 0) is 0 Å². The Labute approximate surface area is 766 Å². The highest BCUT2D eigenvalue weighted by atomic mass is 14.4. The van der Waals surface area contributed by atoms with Crippen molar-refractivity contribution in [2.75, 3.05) is 0 Å². The second kappa shape index (κ2) is 139. The zero-order chi connectivity index (χ0) is 98.8. The number of rotatable bonds is 0. The van der Waals surface area contributed by atoms with Gasteiger partial charge in [0.05, 0.1) is 0 Å². The maximum atomic E-state index is 2.40.